The summed E-state index contributed by atoms with van der Waals surface area (Å²) in [7, 11) is 2.17. The van der Waals surface area contributed by atoms with Gasteiger partial charge in [0.2, 0.25) is 0 Å². The molecule has 5 heteroatoms. The molecule has 0 bridgehead atoms. The molecule has 2 rings (SSSR count). The number of piperazine rings is 1. The summed E-state index contributed by atoms with van der Waals surface area (Å²) >= 11 is 0. The van der Waals surface area contributed by atoms with E-state index < -0.39 is 5.60 Å². The second-order valence-corrected chi connectivity index (χ2v) is 6.76. The van der Waals surface area contributed by atoms with Crippen LogP contribution in [-0.2, 0) is 4.74 Å². The summed E-state index contributed by atoms with van der Waals surface area (Å²) in [5, 5.41) is 6.59. The Bertz CT molecular complexity index is 327. The molecule has 3 unspecified atom stereocenters. The molecule has 1 amide bonds. The van der Waals surface area contributed by atoms with Gasteiger partial charge in [0, 0.05) is 31.2 Å². The molecule has 0 aromatic heterocycles. The zero-order chi connectivity index (χ0) is 14.0. The van der Waals surface area contributed by atoms with Gasteiger partial charge in [-0.2, -0.15) is 0 Å². The zero-order valence-corrected chi connectivity index (χ0v) is 12.5. The van der Waals surface area contributed by atoms with Gasteiger partial charge in [0.25, 0.3) is 0 Å². The molecule has 1 saturated heterocycles. The standard InChI is InChI=1S/C14H27N3O2/c1-14(2,3)19-13(18)16-10-5-6-11-12(9-10)17(4)8-7-15-11/h10-12,15H,5-9H2,1-4H3,(H,16,18). The summed E-state index contributed by atoms with van der Waals surface area (Å²) in [4.78, 5) is 14.2. The maximum atomic E-state index is 11.8. The molecule has 0 radical (unpaired) electrons. The average molecular weight is 269 g/mol. The summed E-state index contributed by atoms with van der Waals surface area (Å²) in [6.45, 7) is 7.83. The largest absolute Gasteiger partial charge is 0.444 e. The molecule has 19 heavy (non-hydrogen) atoms. The van der Waals surface area contributed by atoms with Crippen molar-refractivity contribution in [3.63, 3.8) is 0 Å². The maximum absolute atomic E-state index is 11.8. The van der Waals surface area contributed by atoms with Crippen molar-refractivity contribution in [2.45, 2.75) is 63.8 Å². The van der Waals surface area contributed by atoms with Gasteiger partial charge in [-0.25, -0.2) is 4.79 Å². The Kier molecular flexibility index (Phi) is 4.36. The number of nitrogens with one attached hydrogen (secondary N) is 2. The van der Waals surface area contributed by atoms with Crippen molar-refractivity contribution in [3.8, 4) is 0 Å². The van der Waals surface area contributed by atoms with Gasteiger partial charge >= 0.3 is 6.09 Å². The number of amides is 1. The van der Waals surface area contributed by atoms with Gasteiger partial charge in [-0.3, -0.25) is 0 Å². The minimum atomic E-state index is -0.426. The lowest BCUT2D eigenvalue weighted by Crippen LogP contribution is -2.61. The van der Waals surface area contributed by atoms with Crippen molar-refractivity contribution in [2.24, 2.45) is 0 Å². The first-order chi connectivity index (χ1) is 8.85. The Hall–Kier alpha value is -0.810. The molecule has 0 aromatic rings. The second kappa shape index (κ2) is 5.67. The summed E-state index contributed by atoms with van der Waals surface area (Å²) in [5.74, 6) is 0. The summed E-state index contributed by atoms with van der Waals surface area (Å²) < 4.78 is 5.32. The number of hydrogen-bond donors (Lipinski definition) is 2. The lowest BCUT2D eigenvalue weighted by molar-refractivity contribution is 0.0439. The fourth-order valence-electron chi connectivity index (χ4n) is 3.07. The van der Waals surface area contributed by atoms with E-state index in [1.54, 1.807) is 0 Å². The first kappa shape index (κ1) is 14.6. The van der Waals surface area contributed by atoms with Crippen LogP contribution in [0.15, 0.2) is 0 Å². The van der Waals surface area contributed by atoms with E-state index in [4.69, 9.17) is 4.74 Å². The van der Waals surface area contributed by atoms with E-state index in [9.17, 15) is 4.79 Å². The van der Waals surface area contributed by atoms with E-state index in [-0.39, 0.29) is 12.1 Å². The number of carbonyl (C=O) groups excluding carboxylic acids is 1. The average Bonchev–Trinajstić information content (AvgIpc) is 2.27. The minimum Gasteiger partial charge on any atom is -0.444 e. The molecule has 1 aliphatic heterocycles. The van der Waals surface area contributed by atoms with Crippen LogP contribution in [0.2, 0.25) is 0 Å². The van der Waals surface area contributed by atoms with Crippen molar-refractivity contribution in [2.75, 3.05) is 20.1 Å². The van der Waals surface area contributed by atoms with Crippen LogP contribution in [0.1, 0.15) is 40.0 Å². The Morgan fingerprint density at radius 1 is 1.37 bits per heavy atom. The minimum absolute atomic E-state index is 0.235. The molecule has 2 fully saturated rings. The van der Waals surface area contributed by atoms with E-state index >= 15 is 0 Å². The lowest BCUT2D eigenvalue weighted by atomic mass is 9.84. The van der Waals surface area contributed by atoms with E-state index in [2.05, 4.69) is 22.6 Å². The molecular formula is C14H27N3O2. The van der Waals surface area contributed by atoms with Crippen molar-refractivity contribution < 1.29 is 9.53 Å². The van der Waals surface area contributed by atoms with Gasteiger partial charge in [-0.1, -0.05) is 0 Å². The monoisotopic (exact) mass is 269 g/mol. The summed E-state index contributed by atoms with van der Waals surface area (Å²) in [6, 6.07) is 1.34. The molecule has 0 spiro atoms. The number of fused-ring (bicyclic) bond motifs is 1. The van der Waals surface area contributed by atoms with Gasteiger partial charge in [0.15, 0.2) is 0 Å². The first-order valence-electron chi connectivity index (χ1n) is 7.28. The number of carbonyl (C=O) groups is 1. The Labute approximate surface area is 116 Å². The molecule has 1 aliphatic carbocycles. The van der Waals surface area contributed by atoms with Crippen LogP contribution in [-0.4, -0.2) is 54.9 Å². The van der Waals surface area contributed by atoms with Crippen molar-refractivity contribution in [3.05, 3.63) is 0 Å². The number of likely N-dealkylation sites (N-methyl/N-ethyl adjacent to an activating group) is 1. The van der Waals surface area contributed by atoms with Gasteiger partial charge in [-0.15, -0.1) is 0 Å². The van der Waals surface area contributed by atoms with Crippen LogP contribution in [0.4, 0.5) is 4.79 Å². The van der Waals surface area contributed by atoms with Crippen LogP contribution in [0.5, 0.6) is 0 Å². The van der Waals surface area contributed by atoms with Crippen molar-refractivity contribution in [1.82, 2.24) is 15.5 Å². The molecule has 0 aromatic carbocycles. The van der Waals surface area contributed by atoms with Gasteiger partial charge in [0.05, 0.1) is 0 Å². The number of ether oxygens (including phenoxy) is 1. The molecule has 3 atom stereocenters. The van der Waals surface area contributed by atoms with Crippen LogP contribution >= 0.6 is 0 Å². The van der Waals surface area contributed by atoms with E-state index in [0.717, 1.165) is 32.4 Å². The lowest BCUT2D eigenvalue weighted by Gasteiger charge is -2.45. The normalized spacial score (nSPS) is 32.5. The highest BCUT2D eigenvalue weighted by Gasteiger charge is 2.35. The summed E-state index contributed by atoms with van der Waals surface area (Å²) in [6.07, 6.45) is 2.87. The third-order valence-corrected chi connectivity index (χ3v) is 3.97. The Balaban J connectivity index is 1.84. The first-order valence-corrected chi connectivity index (χ1v) is 7.28. The predicted octanol–water partition coefficient (Wildman–Crippen LogP) is 1.34. The highest BCUT2D eigenvalue weighted by Crippen LogP contribution is 2.25. The second-order valence-electron chi connectivity index (χ2n) is 6.76. The van der Waals surface area contributed by atoms with Crippen LogP contribution in [0.25, 0.3) is 0 Å². The van der Waals surface area contributed by atoms with E-state index in [1.165, 1.54) is 0 Å². The number of hydrogen-bond acceptors (Lipinski definition) is 4. The molecule has 110 valence electrons. The summed E-state index contributed by atoms with van der Waals surface area (Å²) in [5.41, 5.74) is -0.426. The van der Waals surface area contributed by atoms with Crippen LogP contribution in [0.3, 0.4) is 0 Å². The molecule has 2 aliphatic rings. The van der Waals surface area contributed by atoms with Crippen molar-refractivity contribution >= 4 is 6.09 Å². The molecule has 2 N–H and O–H groups in total. The molecule has 1 heterocycles. The van der Waals surface area contributed by atoms with Crippen LogP contribution < -0.4 is 10.6 Å². The number of alkyl carbamates (subject to hydrolysis) is 1. The van der Waals surface area contributed by atoms with Gasteiger partial charge in [-0.05, 0) is 47.1 Å². The molecule has 1 saturated carbocycles. The predicted molar refractivity (Wildman–Crippen MR) is 75.2 cm³/mol. The van der Waals surface area contributed by atoms with E-state index in [1.807, 2.05) is 20.8 Å². The Morgan fingerprint density at radius 2 is 2.11 bits per heavy atom. The quantitative estimate of drug-likeness (QED) is 0.754. The smallest absolute Gasteiger partial charge is 0.407 e. The highest BCUT2D eigenvalue weighted by molar-refractivity contribution is 5.68. The SMILES string of the molecule is CN1CCNC2CCC(NC(=O)OC(C)(C)C)CC21. The van der Waals surface area contributed by atoms with Gasteiger partial charge in [0.1, 0.15) is 5.60 Å². The molecule has 5 nitrogen and oxygen atoms in total. The van der Waals surface area contributed by atoms with E-state index in [0.29, 0.717) is 12.1 Å². The third kappa shape index (κ3) is 4.08. The molecular weight excluding hydrogens is 242 g/mol. The van der Waals surface area contributed by atoms with Gasteiger partial charge < -0.3 is 20.3 Å². The van der Waals surface area contributed by atoms with Crippen LogP contribution in [0, 0.1) is 0 Å². The highest BCUT2D eigenvalue weighted by atomic mass is 16.6. The zero-order valence-electron chi connectivity index (χ0n) is 12.5. The number of nitrogens with zero attached hydrogens (tertiary/aromatic N) is 1. The topological polar surface area (TPSA) is 53.6 Å². The van der Waals surface area contributed by atoms with Crippen molar-refractivity contribution in [1.29, 1.82) is 0 Å². The fourth-order valence-corrected chi connectivity index (χ4v) is 3.07. The third-order valence-electron chi connectivity index (χ3n) is 3.97. The Morgan fingerprint density at radius 3 is 2.79 bits per heavy atom. The fraction of sp³-hybridized carbons (Fsp3) is 0.929. The number of rotatable bonds is 1. The maximum Gasteiger partial charge on any atom is 0.407 e.